The number of hydrogen-bond acceptors (Lipinski definition) is 3. The van der Waals surface area contributed by atoms with Gasteiger partial charge in [0.15, 0.2) is 0 Å². The molecule has 1 rings (SSSR count). The van der Waals surface area contributed by atoms with Gasteiger partial charge < -0.3 is 15.5 Å². The van der Waals surface area contributed by atoms with Crippen molar-refractivity contribution in [3.05, 3.63) is 28.8 Å². The van der Waals surface area contributed by atoms with Gasteiger partial charge in [-0.3, -0.25) is 9.59 Å². The van der Waals surface area contributed by atoms with Gasteiger partial charge in [0.1, 0.15) is 5.75 Å². The normalized spacial score (nSPS) is 13.7. The molecule has 0 aliphatic heterocycles. The van der Waals surface area contributed by atoms with Crippen molar-refractivity contribution < 1.29 is 19.8 Å². The summed E-state index contributed by atoms with van der Waals surface area (Å²) >= 11 is 5.68. The fourth-order valence-electron chi connectivity index (χ4n) is 1.28. The number of carbonyl (C=O) groups is 2. The molecule has 0 saturated heterocycles. The zero-order valence-corrected chi connectivity index (χ0v) is 10.7. The van der Waals surface area contributed by atoms with Gasteiger partial charge in [0.2, 0.25) is 0 Å². The molecule has 0 radical (unpaired) electrons. The van der Waals surface area contributed by atoms with Crippen molar-refractivity contribution in [2.75, 3.05) is 0 Å². The van der Waals surface area contributed by atoms with Crippen LogP contribution >= 0.6 is 11.6 Å². The molecule has 2 atom stereocenters. The number of aromatic hydroxyl groups is 1. The number of carboxylic acid groups (broad SMARTS) is 1. The summed E-state index contributed by atoms with van der Waals surface area (Å²) in [6.45, 7) is 3.12. The molecule has 18 heavy (non-hydrogen) atoms. The molecule has 0 aromatic heterocycles. The minimum absolute atomic E-state index is 0.0709. The summed E-state index contributed by atoms with van der Waals surface area (Å²) in [5.74, 6) is -2.22. The summed E-state index contributed by atoms with van der Waals surface area (Å²) in [7, 11) is 0. The van der Waals surface area contributed by atoms with Gasteiger partial charge in [-0.2, -0.15) is 0 Å². The second-order valence-electron chi connectivity index (χ2n) is 4.06. The molecule has 2 unspecified atom stereocenters. The Labute approximate surface area is 109 Å². The number of aliphatic carboxylic acids is 1. The lowest BCUT2D eigenvalue weighted by molar-refractivity contribution is -0.141. The van der Waals surface area contributed by atoms with Crippen molar-refractivity contribution in [2.24, 2.45) is 5.92 Å². The van der Waals surface area contributed by atoms with Crippen LogP contribution in [0.3, 0.4) is 0 Å². The van der Waals surface area contributed by atoms with Crippen molar-refractivity contribution >= 4 is 23.5 Å². The first-order valence-corrected chi connectivity index (χ1v) is 5.73. The number of rotatable bonds is 4. The molecule has 0 saturated carbocycles. The van der Waals surface area contributed by atoms with E-state index in [1.165, 1.54) is 25.1 Å². The van der Waals surface area contributed by atoms with E-state index in [1.54, 1.807) is 6.92 Å². The van der Waals surface area contributed by atoms with Crippen LogP contribution in [0, 0.1) is 5.92 Å². The molecule has 1 aromatic rings. The highest BCUT2D eigenvalue weighted by Crippen LogP contribution is 2.23. The highest BCUT2D eigenvalue weighted by molar-refractivity contribution is 6.32. The number of carbonyl (C=O) groups excluding carboxylic acids is 1. The summed E-state index contributed by atoms with van der Waals surface area (Å²) in [6, 6.07) is 3.53. The van der Waals surface area contributed by atoms with Gasteiger partial charge in [-0.25, -0.2) is 0 Å². The lowest BCUT2D eigenvalue weighted by Crippen LogP contribution is -2.40. The van der Waals surface area contributed by atoms with Crippen LogP contribution in [-0.4, -0.2) is 28.1 Å². The molecule has 0 bridgehead atoms. The maximum Gasteiger partial charge on any atom is 0.308 e. The molecule has 6 heteroatoms. The lowest BCUT2D eigenvalue weighted by Gasteiger charge is -2.17. The molecule has 5 nitrogen and oxygen atoms in total. The molecule has 0 heterocycles. The van der Waals surface area contributed by atoms with Crippen molar-refractivity contribution in [1.29, 1.82) is 0 Å². The smallest absolute Gasteiger partial charge is 0.308 e. The number of nitrogens with one attached hydrogen (secondary N) is 1. The van der Waals surface area contributed by atoms with E-state index >= 15 is 0 Å². The van der Waals surface area contributed by atoms with Crippen LogP contribution in [0.1, 0.15) is 24.2 Å². The van der Waals surface area contributed by atoms with Gasteiger partial charge in [0.25, 0.3) is 5.91 Å². The minimum atomic E-state index is -0.980. The third-order valence-electron chi connectivity index (χ3n) is 2.71. The Balaban J connectivity index is 2.76. The Kier molecular flexibility index (Phi) is 4.55. The summed E-state index contributed by atoms with van der Waals surface area (Å²) in [5, 5.41) is 20.7. The lowest BCUT2D eigenvalue weighted by atomic mass is 10.0. The third kappa shape index (κ3) is 3.37. The molecule has 0 fully saturated rings. The van der Waals surface area contributed by atoms with E-state index in [-0.39, 0.29) is 16.3 Å². The second kappa shape index (κ2) is 5.73. The van der Waals surface area contributed by atoms with Crippen molar-refractivity contribution in [3.8, 4) is 5.75 Å². The zero-order valence-electron chi connectivity index (χ0n) is 9.98. The van der Waals surface area contributed by atoms with Crippen molar-refractivity contribution in [3.63, 3.8) is 0 Å². The topological polar surface area (TPSA) is 86.6 Å². The van der Waals surface area contributed by atoms with Crippen LogP contribution in [-0.2, 0) is 4.79 Å². The molecular formula is C12H14ClNO4. The number of carboxylic acids is 1. The molecular weight excluding hydrogens is 258 g/mol. The maximum atomic E-state index is 11.8. The second-order valence-corrected chi connectivity index (χ2v) is 4.46. The molecule has 0 spiro atoms. The van der Waals surface area contributed by atoms with Gasteiger partial charge in [-0.15, -0.1) is 0 Å². The first kappa shape index (κ1) is 14.3. The number of halogens is 1. The summed E-state index contributed by atoms with van der Waals surface area (Å²) in [6.07, 6.45) is 0. The van der Waals surface area contributed by atoms with Crippen molar-refractivity contribution in [1.82, 2.24) is 5.32 Å². The van der Waals surface area contributed by atoms with Crippen molar-refractivity contribution in [2.45, 2.75) is 19.9 Å². The highest BCUT2D eigenvalue weighted by atomic mass is 35.5. The molecule has 98 valence electrons. The van der Waals surface area contributed by atoms with Crippen LogP contribution in [0.25, 0.3) is 0 Å². The first-order valence-electron chi connectivity index (χ1n) is 5.35. The summed E-state index contributed by atoms with van der Waals surface area (Å²) in [4.78, 5) is 22.6. The van der Waals surface area contributed by atoms with Gasteiger partial charge in [-0.05, 0) is 32.0 Å². The quantitative estimate of drug-likeness (QED) is 0.780. The largest absolute Gasteiger partial charge is 0.506 e. The number of phenols is 1. The third-order valence-corrected chi connectivity index (χ3v) is 3.01. The van der Waals surface area contributed by atoms with Crippen LogP contribution < -0.4 is 5.32 Å². The summed E-state index contributed by atoms with van der Waals surface area (Å²) < 4.78 is 0. The predicted octanol–water partition coefficient (Wildman–Crippen LogP) is 1.88. The van der Waals surface area contributed by atoms with E-state index in [0.717, 1.165) is 0 Å². The molecule has 3 N–H and O–H groups in total. The van der Waals surface area contributed by atoms with Gasteiger partial charge >= 0.3 is 5.97 Å². The fraction of sp³-hybridized carbons (Fsp3) is 0.333. The average Bonchev–Trinajstić information content (AvgIpc) is 2.31. The Morgan fingerprint density at radius 1 is 1.33 bits per heavy atom. The summed E-state index contributed by atoms with van der Waals surface area (Å²) in [5.41, 5.74) is 0.266. The Bertz CT molecular complexity index is 475. The number of hydrogen-bond donors (Lipinski definition) is 3. The highest BCUT2D eigenvalue weighted by Gasteiger charge is 2.21. The first-order chi connectivity index (χ1) is 8.32. The monoisotopic (exact) mass is 271 g/mol. The number of phenolic OH excluding ortho intramolecular Hbond substituents is 1. The number of amides is 1. The standard InChI is InChI=1S/C12H14ClNO4/c1-6(12(17)18)7(2)14-11(16)8-3-4-10(15)9(13)5-8/h3-7,15H,1-2H3,(H,14,16)(H,17,18). The van der Waals surface area contributed by atoms with Gasteiger partial charge in [0.05, 0.1) is 10.9 Å². The van der Waals surface area contributed by atoms with E-state index < -0.39 is 23.8 Å². The average molecular weight is 272 g/mol. The van der Waals surface area contributed by atoms with Gasteiger partial charge in [0, 0.05) is 11.6 Å². The minimum Gasteiger partial charge on any atom is -0.506 e. The van der Waals surface area contributed by atoms with E-state index in [0.29, 0.717) is 0 Å². The van der Waals surface area contributed by atoms with E-state index in [1.807, 2.05) is 0 Å². The van der Waals surface area contributed by atoms with E-state index in [4.69, 9.17) is 16.7 Å². The zero-order chi connectivity index (χ0) is 13.9. The van der Waals surface area contributed by atoms with E-state index in [9.17, 15) is 14.7 Å². The molecule has 1 aromatic carbocycles. The molecule has 1 amide bonds. The number of benzene rings is 1. The van der Waals surface area contributed by atoms with Crippen LogP contribution in [0.2, 0.25) is 5.02 Å². The van der Waals surface area contributed by atoms with Crippen LogP contribution in [0.5, 0.6) is 5.75 Å². The predicted molar refractivity (Wildman–Crippen MR) is 66.8 cm³/mol. The maximum absolute atomic E-state index is 11.8. The molecule has 0 aliphatic carbocycles. The Morgan fingerprint density at radius 2 is 1.94 bits per heavy atom. The molecule has 0 aliphatic rings. The fourth-order valence-corrected chi connectivity index (χ4v) is 1.46. The Morgan fingerprint density at radius 3 is 2.44 bits per heavy atom. The Hall–Kier alpha value is -1.75. The van der Waals surface area contributed by atoms with E-state index in [2.05, 4.69) is 5.32 Å². The van der Waals surface area contributed by atoms with Gasteiger partial charge in [-0.1, -0.05) is 11.6 Å². The SMILES string of the molecule is CC(NC(=O)c1ccc(O)c(Cl)c1)C(C)C(=O)O. The van der Waals surface area contributed by atoms with Crippen LogP contribution in [0.4, 0.5) is 0 Å². The van der Waals surface area contributed by atoms with Crippen LogP contribution in [0.15, 0.2) is 18.2 Å².